The molecule has 5 heteroatoms. The Kier molecular flexibility index (Phi) is 5.16. The first kappa shape index (κ1) is 17.9. The number of hydrogen-bond donors (Lipinski definition) is 0. The molecular weight excluding hydrogens is 326 g/mol. The van der Waals surface area contributed by atoms with Crippen LogP contribution in [-0.4, -0.2) is 26.6 Å². The van der Waals surface area contributed by atoms with Crippen LogP contribution in [0.25, 0.3) is 10.9 Å². The monoisotopic (exact) mass is 349 g/mol. The highest BCUT2D eigenvalue weighted by molar-refractivity contribution is 5.82. The first-order chi connectivity index (χ1) is 12.4. The summed E-state index contributed by atoms with van der Waals surface area (Å²) in [5, 5.41) is 1.05. The zero-order valence-corrected chi connectivity index (χ0v) is 15.3. The summed E-state index contributed by atoms with van der Waals surface area (Å²) in [5.41, 5.74) is 2.12. The Labute approximate surface area is 153 Å². The second-order valence-corrected chi connectivity index (χ2v) is 7.15. The largest absolute Gasteiger partial charge is 0.444 e. The smallest absolute Gasteiger partial charge is 0.410 e. The molecule has 5 nitrogen and oxygen atoms in total. The molecule has 0 aliphatic carbocycles. The molecule has 3 rings (SSSR count). The van der Waals surface area contributed by atoms with E-state index in [4.69, 9.17) is 4.74 Å². The molecule has 26 heavy (non-hydrogen) atoms. The van der Waals surface area contributed by atoms with Crippen LogP contribution in [0.5, 0.6) is 0 Å². The van der Waals surface area contributed by atoms with Crippen molar-refractivity contribution >= 4 is 17.0 Å². The number of para-hydroxylation sites is 1. The third kappa shape index (κ3) is 4.57. The van der Waals surface area contributed by atoms with Crippen LogP contribution in [0.3, 0.4) is 0 Å². The second kappa shape index (κ2) is 7.52. The quantitative estimate of drug-likeness (QED) is 0.692. The predicted octanol–water partition coefficient (Wildman–Crippen LogP) is 4.57. The molecule has 0 fully saturated rings. The zero-order chi connectivity index (χ0) is 18.6. The van der Waals surface area contributed by atoms with E-state index in [2.05, 4.69) is 9.97 Å². The van der Waals surface area contributed by atoms with Crippen LogP contribution in [0.1, 0.15) is 32.0 Å². The molecule has 0 saturated heterocycles. The number of carbonyl (C=O) groups is 1. The highest BCUT2D eigenvalue weighted by atomic mass is 16.6. The number of ether oxygens (including phenoxy) is 1. The van der Waals surface area contributed by atoms with Crippen LogP contribution in [0.2, 0.25) is 0 Å². The Hall–Kier alpha value is -2.95. The van der Waals surface area contributed by atoms with Gasteiger partial charge in [-0.25, -0.2) is 4.79 Å². The third-order valence-corrected chi connectivity index (χ3v) is 3.81. The Morgan fingerprint density at radius 2 is 1.73 bits per heavy atom. The summed E-state index contributed by atoms with van der Waals surface area (Å²) in [5.74, 6) is 0. The van der Waals surface area contributed by atoms with Gasteiger partial charge in [-0.05, 0) is 44.5 Å². The molecule has 2 heterocycles. The van der Waals surface area contributed by atoms with Crippen molar-refractivity contribution < 1.29 is 9.53 Å². The summed E-state index contributed by atoms with van der Waals surface area (Å²) < 4.78 is 5.60. The van der Waals surface area contributed by atoms with Gasteiger partial charge in [0.2, 0.25) is 0 Å². The molecule has 0 atom stereocenters. The molecule has 3 aromatic rings. The van der Waals surface area contributed by atoms with Crippen LogP contribution in [-0.2, 0) is 17.8 Å². The molecule has 0 bridgehead atoms. The number of aromatic nitrogens is 2. The number of fused-ring (bicyclic) bond motifs is 1. The maximum Gasteiger partial charge on any atom is 0.410 e. The Balaban J connectivity index is 1.90. The molecule has 0 N–H and O–H groups in total. The van der Waals surface area contributed by atoms with E-state index in [0.29, 0.717) is 13.1 Å². The molecule has 0 radical (unpaired) electrons. The second-order valence-electron chi connectivity index (χ2n) is 7.15. The van der Waals surface area contributed by atoms with Crippen molar-refractivity contribution in [3.05, 3.63) is 72.2 Å². The van der Waals surface area contributed by atoms with E-state index in [1.54, 1.807) is 17.3 Å². The SMILES string of the molecule is CC(C)(C)OC(=O)N(Cc1ccccn1)Cc1cccc2cccnc12. The number of hydrogen-bond acceptors (Lipinski definition) is 4. The average molecular weight is 349 g/mol. The molecule has 0 aliphatic heterocycles. The van der Waals surface area contributed by atoms with E-state index in [9.17, 15) is 4.79 Å². The number of pyridine rings is 2. The number of nitrogens with zero attached hydrogens (tertiary/aromatic N) is 3. The first-order valence-corrected chi connectivity index (χ1v) is 8.63. The highest BCUT2D eigenvalue weighted by Gasteiger charge is 2.23. The van der Waals surface area contributed by atoms with E-state index >= 15 is 0 Å². The number of amides is 1. The first-order valence-electron chi connectivity index (χ1n) is 8.63. The number of benzene rings is 1. The summed E-state index contributed by atoms with van der Waals surface area (Å²) in [4.78, 5) is 23.2. The third-order valence-electron chi connectivity index (χ3n) is 3.81. The van der Waals surface area contributed by atoms with Gasteiger partial charge in [0.25, 0.3) is 0 Å². The van der Waals surface area contributed by atoms with Crippen LogP contribution in [0.15, 0.2) is 60.9 Å². The minimum Gasteiger partial charge on any atom is -0.444 e. The molecule has 0 spiro atoms. The fourth-order valence-corrected chi connectivity index (χ4v) is 2.70. The van der Waals surface area contributed by atoms with Crippen molar-refractivity contribution in [1.82, 2.24) is 14.9 Å². The van der Waals surface area contributed by atoms with Gasteiger partial charge in [-0.1, -0.05) is 30.3 Å². The lowest BCUT2D eigenvalue weighted by Crippen LogP contribution is -2.36. The zero-order valence-electron chi connectivity index (χ0n) is 15.3. The fraction of sp³-hybridized carbons (Fsp3) is 0.286. The normalized spacial score (nSPS) is 11.3. The summed E-state index contributed by atoms with van der Waals surface area (Å²) in [6, 6.07) is 15.6. The van der Waals surface area contributed by atoms with Crippen molar-refractivity contribution in [2.45, 2.75) is 39.5 Å². The fourth-order valence-electron chi connectivity index (χ4n) is 2.70. The van der Waals surface area contributed by atoms with Gasteiger partial charge in [-0.15, -0.1) is 0 Å². The van der Waals surface area contributed by atoms with Crippen molar-refractivity contribution in [2.75, 3.05) is 0 Å². The minimum absolute atomic E-state index is 0.365. The Bertz CT molecular complexity index is 883. The molecule has 1 aromatic carbocycles. The van der Waals surface area contributed by atoms with Crippen molar-refractivity contribution in [2.24, 2.45) is 0 Å². The number of carbonyl (C=O) groups excluding carboxylic acids is 1. The molecular formula is C21H23N3O2. The van der Waals surface area contributed by atoms with E-state index in [0.717, 1.165) is 22.2 Å². The maximum absolute atomic E-state index is 12.8. The lowest BCUT2D eigenvalue weighted by molar-refractivity contribution is 0.0215. The van der Waals surface area contributed by atoms with Gasteiger partial charge >= 0.3 is 6.09 Å². The highest BCUT2D eigenvalue weighted by Crippen LogP contribution is 2.20. The van der Waals surface area contributed by atoms with Gasteiger partial charge in [0.05, 0.1) is 24.3 Å². The number of rotatable bonds is 4. The minimum atomic E-state index is -0.559. The lowest BCUT2D eigenvalue weighted by atomic mass is 10.1. The van der Waals surface area contributed by atoms with Crippen molar-refractivity contribution in [3.63, 3.8) is 0 Å². The van der Waals surface area contributed by atoms with Crippen LogP contribution >= 0.6 is 0 Å². The maximum atomic E-state index is 12.8. The van der Waals surface area contributed by atoms with Crippen molar-refractivity contribution in [1.29, 1.82) is 0 Å². The van der Waals surface area contributed by atoms with Crippen molar-refractivity contribution in [3.8, 4) is 0 Å². The van der Waals surface area contributed by atoms with E-state index in [-0.39, 0.29) is 6.09 Å². The summed E-state index contributed by atoms with van der Waals surface area (Å²) in [6.45, 7) is 6.37. The van der Waals surface area contributed by atoms with E-state index in [1.807, 2.05) is 69.3 Å². The van der Waals surface area contributed by atoms with Gasteiger partial charge in [-0.2, -0.15) is 0 Å². The van der Waals surface area contributed by atoms with E-state index < -0.39 is 5.60 Å². The van der Waals surface area contributed by atoms with Gasteiger partial charge in [0, 0.05) is 17.8 Å². The molecule has 0 unspecified atom stereocenters. The predicted molar refractivity (Wildman–Crippen MR) is 101 cm³/mol. The lowest BCUT2D eigenvalue weighted by Gasteiger charge is -2.27. The van der Waals surface area contributed by atoms with Gasteiger partial charge < -0.3 is 4.74 Å². The topological polar surface area (TPSA) is 55.3 Å². The Morgan fingerprint density at radius 1 is 0.962 bits per heavy atom. The summed E-state index contributed by atoms with van der Waals surface area (Å²) >= 11 is 0. The van der Waals surface area contributed by atoms with Crippen LogP contribution in [0, 0.1) is 0 Å². The average Bonchev–Trinajstić information content (AvgIpc) is 2.61. The van der Waals surface area contributed by atoms with Gasteiger partial charge in [0.15, 0.2) is 0 Å². The molecule has 134 valence electrons. The molecule has 2 aromatic heterocycles. The van der Waals surface area contributed by atoms with E-state index in [1.165, 1.54) is 0 Å². The van der Waals surface area contributed by atoms with Crippen LogP contribution < -0.4 is 0 Å². The summed E-state index contributed by atoms with van der Waals surface area (Å²) in [7, 11) is 0. The van der Waals surface area contributed by atoms with Crippen LogP contribution in [0.4, 0.5) is 4.79 Å². The molecule has 1 amide bonds. The van der Waals surface area contributed by atoms with Gasteiger partial charge in [-0.3, -0.25) is 14.9 Å². The standard InChI is InChI=1S/C21H23N3O2/c1-21(2,3)26-20(25)24(15-18-11-4-5-12-22-18)14-17-9-6-8-16-10-7-13-23-19(16)17/h4-13H,14-15H2,1-3H3. The van der Waals surface area contributed by atoms with Gasteiger partial charge in [0.1, 0.15) is 5.60 Å². The Morgan fingerprint density at radius 3 is 2.46 bits per heavy atom. The molecule has 0 aliphatic rings. The molecule has 0 saturated carbocycles. The summed E-state index contributed by atoms with van der Waals surface area (Å²) in [6.07, 6.45) is 3.13.